The van der Waals surface area contributed by atoms with Gasteiger partial charge in [0, 0.05) is 45.0 Å². The molecule has 2 fully saturated rings. The zero-order valence-corrected chi connectivity index (χ0v) is 19.5. The number of carbonyl (C=O) groups is 2. The Kier molecular flexibility index (Phi) is 7.24. The number of hydrogen-bond acceptors (Lipinski definition) is 6. The first-order valence-electron chi connectivity index (χ1n) is 10.9. The largest absolute Gasteiger partial charge is 0.335 e. The number of sulfonamides is 1. The molecule has 2 aromatic rings. The third-order valence-corrected chi connectivity index (χ3v) is 8.62. The molecule has 0 unspecified atom stereocenters. The minimum atomic E-state index is -3.48. The second-order valence-electron chi connectivity index (χ2n) is 8.08. The van der Waals surface area contributed by atoms with Crippen LogP contribution in [0.25, 0.3) is 0 Å². The molecule has 4 rings (SSSR count). The van der Waals surface area contributed by atoms with Gasteiger partial charge in [0.05, 0.1) is 16.3 Å². The molecule has 0 radical (unpaired) electrons. The van der Waals surface area contributed by atoms with Crippen molar-refractivity contribution >= 4 is 38.9 Å². The highest BCUT2D eigenvalue weighted by Crippen LogP contribution is 2.22. The summed E-state index contributed by atoms with van der Waals surface area (Å²) in [6.45, 7) is 3.81. The zero-order chi connectivity index (χ0) is 22.6. The van der Waals surface area contributed by atoms with Gasteiger partial charge in [-0.15, -0.1) is 11.3 Å². The summed E-state index contributed by atoms with van der Waals surface area (Å²) in [5, 5.41) is 4.73. The van der Waals surface area contributed by atoms with Crippen LogP contribution in [-0.2, 0) is 14.8 Å². The van der Waals surface area contributed by atoms with Crippen molar-refractivity contribution in [2.24, 2.45) is 0 Å². The quantitative estimate of drug-likeness (QED) is 0.691. The number of carbonyl (C=O) groups excluding carboxylic acids is 2. The van der Waals surface area contributed by atoms with Gasteiger partial charge in [0.15, 0.2) is 0 Å². The van der Waals surface area contributed by atoms with E-state index in [0.717, 1.165) is 24.1 Å². The molecule has 1 N–H and O–H groups in total. The summed E-state index contributed by atoms with van der Waals surface area (Å²) in [5.41, 5.74) is 0.569. The van der Waals surface area contributed by atoms with Crippen LogP contribution in [0.1, 0.15) is 28.9 Å². The van der Waals surface area contributed by atoms with Crippen LogP contribution < -0.4 is 5.32 Å². The highest BCUT2D eigenvalue weighted by Gasteiger charge is 2.26. The Morgan fingerprint density at radius 1 is 0.906 bits per heavy atom. The third-order valence-electron chi connectivity index (χ3n) is 5.85. The Morgan fingerprint density at radius 3 is 2.22 bits per heavy atom. The molecule has 2 aliphatic heterocycles. The molecule has 0 bridgehead atoms. The molecule has 2 aliphatic rings. The zero-order valence-electron chi connectivity index (χ0n) is 17.9. The second kappa shape index (κ2) is 10.1. The Bertz CT molecular complexity index is 1020. The molecular formula is C22H28N4O4S2. The Labute approximate surface area is 192 Å². The lowest BCUT2D eigenvalue weighted by molar-refractivity contribution is -0.117. The molecule has 2 saturated heterocycles. The highest BCUT2D eigenvalue weighted by molar-refractivity contribution is 7.89. The van der Waals surface area contributed by atoms with Crippen LogP contribution >= 0.6 is 11.3 Å². The number of rotatable bonds is 6. The molecule has 1 aromatic carbocycles. The first-order chi connectivity index (χ1) is 15.4. The fourth-order valence-corrected chi connectivity index (χ4v) is 6.24. The van der Waals surface area contributed by atoms with Gasteiger partial charge in [0.2, 0.25) is 15.9 Å². The molecule has 32 heavy (non-hydrogen) atoms. The van der Waals surface area contributed by atoms with E-state index in [9.17, 15) is 18.0 Å². The average Bonchev–Trinajstić information content (AvgIpc) is 3.35. The van der Waals surface area contributed by atoms with E-state index >= 15 is 0 Å². The fourth-order valence-electron chi connectivity index (χ4n) is 4.03. The van der Waals surface area contributed by atoms with Crippen LogP contribution in [0.5, 0.6) is 0 Å². The summed E-state index contributed by atoms with van der Waals surface area (Å²) in [7, 11) is -3.48. The lowest BCUT2D eigenvalue weighted by Gasteiger charge is -2.34. The summed E-state index contributed by atoms with van der Waals surface area (Å²) in [4.78, 5) is 29.7. The summed E-state index contributed by atoms with van der Waals surface area (Å²) in [6.07, 6.45) is 2.85. The van der Waals surface area contributed by atoms with Crippen molar-refractivity contribution < 1.29 is 18.0 Å². The van der Waals surface area contributed by atoms with Gasteiger partial charge in [-0.05, 0) is 48.6 Å². The number of anilines is 1. The molecule has 1 aromatic heterocycles. The van der Waals surface area contributed by atoms with E-state index in [-0.39, 0.29) is 23.3 Å². The smallest absolute Gasteiger partial charge is 0.264 e. The molecule has 8 nitrogen and oxygen atoms in total. The molecule has 0 saturated carbocycles. The van der Waals surface area contributed by atoms with Gasteiger partial charge < -0.3 is 10.2 Å². The number of thiophene rings is 1. The molecule has 0 atom stereocenters. The minimum absolute atomic E-state index is 0.0451. The molecule has 172 valence electrons. The van der Waals surface area contributed by atoms with Gasteiger partial charge >= 0.3 is 0 Å². The van der Waals surface area contributed by atoms with Crippen molar-refractivity contribution in [3.8, 4) is 0 Å². The van der Waals surface area contributed by atoms with Gasteiger partial charge in [-0.1, -0.05) is 12.5 Å². The van der Waals surface area contributed by atoms with E-state index < -0.39 is 10.0 Å². The first-order valence-corrected chi connectivity index (χ1v) is 13.2. The van der Waals surface area contributed by atoms with Gasteiger partial charge in [-0.25, -0.2) is 8.42 Å². The Morgan fingerprint density at radius 2 is 1.59 bits per heavy atom. The molecule has 2 amide bonds. The number of piperazine rings is 1. The molecule has 3 heterocycles. The first kappa shape index (κ1) is 22.9. The summed E-state index contributed by atoms with van der Waals surface area (Å²) in [5.74, 6) is -0.113. The van der Waals surface area contributed by atoms with Crippen LogP contribution in [0.4, 0.5) is 5.69 Å². The summed E-state index contributed by atoms with van der Waals surface area (Å²) >= 11 is 1.44. The van der Waals surface area contributed by atoms with Gasteiger partial charge in [0.1, 0.15) is 0 Å². The number of nitrogens with zero attached hydrogens (tertiary/aromatic N) is 3. The van der Waals surface area contributed by atoms with E-state index in [4.69, 9.17) is 0 Å². The van der Waals surface area contributed by atoms with Gasteiger partial charge in [-0.2, -0.15) is 4.31 Å². The van der Waals surface area contributed by atoms with Crippen molar-refractivity contribution in [2.75, 3.05) is 51.1 Å². The van der Waals surface area contributed by atoms with E-state index in [0.29, 0.717) is 45.0 Å². The number of amides is 2. The van der Waals surface area contributed by atoms with E-state index in [1.54, 1.807) is 24.3 Å². The number of piperidine rings is 1. The predicted molar refractivity (Wildman–Crippen MR) is 124 cm³/mol. The highest BCUT2D eigenvalue weighted by atomic mass is 32.2. The molecule has 0 aliphatic carbocycles. The van der Waals surface area contributed by atoms with Crippen molar-refractivity contribution in [2.45, 2.75) is 24.2 Å². The SMILES string of the molecule is O=C(CN1CCN(C(=O)c2cccs2)CC1)Nc1ccc(S(=O)(=O)N2CCCCC2)cc1. The van der Waals surface area contributed by atoms with Crippen LogP contribution in [0.2, 0.25) is 0 Å². The minimum Gasteiger partial charge on any atom is -0.335 e. The van der Waals surface area contributed by atoms with Gasteiger partial charge in [0.25, 0.3) is 5.91 Å². The lowest BCUT2D eigenvalue weighted by Crippen LogP contribution is -2.50. The maximum absolute atomic E-state index is 12.7. The standard InChI is InChI=1S/C22H28N4O4S2/c27-21(17-24-12-14-25(15-13-24)22(28)20-5-4-16-31-20)23-18-6-8-19(9-7-18)32(29,30)26-10-2-1-3-11-26/h4-9,16H,1-3,10-15,17H2,(H,23,27). The van der Waals surface area contributed by atoms with Crippen molar-refractivity contribution in [1.29, 1.82) is 0 Å². The van der Waals surface area contributed by atoms with Crippen molar-refractivity contribution in [3.05, 3.63) is 46.7 Å². The summed E-state index contributed by atoms with van der Waals surface area (Å²) < 4.78 is 27.0. The van der Waals surface area contributed by atoms with Gasteiger partial charge in [-0.3, -0.25) is 14.5 Å². The van der Waals surface area contributed by atoms with E-state index in [2.05, 4.69) is 5.32 Å². The van der Waals surface area contributed by atoms with Crippen LogP contribution in [0, 0.1) is 0 Å². The lowest BCUT2D eigenvalue weighted by atomic mass is 10.2. The Hall–Kier alpha value is -2.27. The maximum Gasteiger partial charge on any atom is 0.264 e. The topological polar surface area (TPSA) is 90.0 Å². The normalized spacial score (nSPS) is 18.4. The van der Waals surface area contributed by atoms with Crippen LogP contribution in [-0.4, -0.2) is 80.2 Å². The summed E-state index contributed by atoms with van der Waals surface area (Å²) in [6, 6.07) is 10.1. The molecule has 10 heteroatoms. The fraction of sp³-hybridized carbons (Fsp3) is 0.455. The number of hydrogen-bond donors (Lipinski definition) is 1. The van der Waals surface area contributed by atoms with Crippen molar-refractivity contribution in [1.82, 2.24) is 14.1 Å². The van der Waals surface area contributed by atoms with Crippen LogP contribution in [0.15, 0.2) is 46.7 Å². The van der Waals surface area contributed by atoms with Crippen molar-refractivity contribution in [3.63, 3.8) is 0 Å². The van der Waals surface area contributed by atoms with E-state index in [1.165, 1.54) is 15.6 Å². The molecule has 0 spiro atoms. The van der Waals surface area contributed by atoms with Crippen LogP contribution in [0.3, 0.4) is 0 Å². The second-order valence-corrected chi connectivity index (χ2v) is 11.0. The predicted octanol–water partition coefficient (Wildman–Crippen LogP) is 2.32. The average molecular weight is 477 g/mol. The number of nitrogens with one attached hydrogen (secondary N) is 1. The Balaban J connectivity index is 1.26. The monoisotopic (exact) mass is 476 g/mol. The van der Waals surface area contributed by atoms with E-state index in [1.807, 2.05) is 27.3 Å². The molecular weight excluding hydrogens is 448 g/mol. The third kappa shape index (κ3) is 5.37. The number of benzene rings is 1. The maximum atomic E-state index is 12.7.